The highest BCUT2D eigenvalue weighted by Gasteiger charge is 2.47. The average molecular weight is 428 g/mol. The van der Waals surface area contributed by atoms with Gasteiger partial charge in [-0.15, -0.1) is 5.10 Å². The van der Waals surface area contributed by atoms with Gasteiger partial charge in [-0.3, -0.25) is 9.59 Å². The summed E-state index contributed by atoms with van der Waals surface area (Å²) >= 11 is 0. The Hall–Kier alpha value is -3.30. The molecule has 0 spiro atoms. The Labute approximate surface area is 176 Å². The van der Waals surface area contributed by atoms with Gasteiger partial charge in [-0.25, -0.2) is 13.5 Å². The van der Waals surface area contributed by atoms with Gasteiger partial charge < -0.3 is 14.8 Å². The molecule has 10 heteroatoms. The van der Waals surface area contributed by atoms with Crippen molar-refractivity contribution in [2.45, 2.75) is 37.8 Å². The van der Waals surface area contributed by atoms with Crippen LogP contribution < -0.4 is 0 Å². The standard InChI is InChI=1S/C21H22F2N6O2/c22-21(23)9-14(11-28-12-18(25-26-28)20(31)27-7-3-4-8-27)29(13-21)19(30)16-10-24-17-6-2-1-5-15(16)17/h1-2,5-6,10,12,14,24H,3-4,7-9,11,13H2/t14-/m0/s1. The number of rotatable bonds is 4. The molecule has 1 aromatic carbocycles. The molecular formula is C21H22F2N6O2. The van der Waals surface area contributed by atoms with Crippen LogP contribution in [0.25, 0.3) is 10.9 Å². The topological polar surface area (TPSA) is 87.1 Å². The number of amides is 2. The number of halogens is 2. The predicted octanol–water partition coefficient (Wildman–Crippen LogP) is 2.55. The van der Waals surface area contributed by atoms with E-state index in [2.05, 4.69) is 15.3 Å². The normalized spacial score (nSPS) is 20.6. The van der Waals surface area contributed by atoms with Gasteiger partial charge in [0, 0.05) is 36.6 Å². The molecular weight excluding hydrogens is 406 g/mol. The summed E-state index contributed by atoms with van der Waals surface area (Å²) in [5.74, 6) is -3.64. The van der Waals surface area contributed by atoms with Gasteiger partial charge in [0.25, 0.3) is 17.7 Å². The summed E-state index contributed by atoms with van der Waals surface area (Å²) in [5, 5.41) is 8.58. The summed E-state index contributed by atoms with van der Waals surface area (Å²) in [5.41, 5.74) is 1.33. The Morgan fingerprint density at radius 2 is 1.94 bits per heavy atom. The van der Waals surface area contributed by atoms with Crippen molar-refractivity contribution in [3.05, 3.63) is 47.9 Å². The van der Waals surface area contributed by atoms with Crippen LogP contribution >= 0.6 is 0 Å². The second-order valence-corrected chi connectivity index (χ2v) is 8.22. The first kappa shape index (κ1) is 19.7. The Morgan fingerprint density at radius 3 is 2.74 bits per heavy atom. The molecule has 2 fully saturated rings. The third kappa shape index (κ3) is 3.66. The summed E-state index contributed by atoms with van der Waals surface area (Å²) in [6.07, 6.45) is 4.49. The van der Waals surface area contributed by atoms with Crippen LogP contribution in [0.2, 0.25) is 0 Å². The largest absolute Gasteiger partial charge is 0.360 e. The van der Waals surface area contributed by atoms with E-state index in [1.807, 2.05) is 12.1 Å². The quantitative estimate of drug-likeness (QED) is 0.692. The van der Waals surface area contributed by atoms with E-state index in [-0.39, 0.29) is 18.1 Å². The minimum Gasteiger partial charge on any atom is -0.360 e. The fourth-order valence-electron chi connectivity index (χ4n) is 4.49. The second-order valence-electron chi connectivity index (χ2n) is 8.22. The van der Waals surface area contributed by atoms with Crippen molar-refractivity contribution in [1.29, 1.82) is 0 Å². The summed E-state index contributed by atoms with van der Waals surface area (Å²) in [6.45, 7) is 0.773. The van der Waals surface area contributed by atoms with Gasteiger partial charge in [-0.1, -0.05) is 23.4 Å². The molecule has 5 rings (SSSR count). The van der Waals surface area contributed by atoms with Crippen molar-refractivity contribution in [2.24, 2.45) is 0 Å². The van der Waals surface area contributed by atoms with Gasteiger partial charge in [0.15, 0.2) is 5.69 Å². The molecule has 0 saturated carbocycles. The molecule has 0 radical (unpaired) electrons. The Kier molecular flexibility index (Phi) is 4.71. The molecule has 0 aliphatic carbocycles. The van der Waals surface area contributed by atoms with E-state index in [4.69, 9.17) is 0 Å². The van der Waals surface area contributed by atoms with Crippen molar-refractivity contribution in [1.82, 2.24) is 29.8 Å². The lowest BCUT2D eigenvalue weighted by Crippen LogP contribution is -2.38. The third-order valence-electron chi connectivity index (χ3n) is 6.01. The van der Waals surface area contributed by atoms with Crippen LogP contribution in [0.1, 0.15) is 40.1 Å². The van der Waals surface area contributed by atoms with Crippen molar-refractivity contribution >= 4 is 22.7 Å². The van der Waals surface area contributed by atoms with Crippen molar-refractivity contribution < 1.29 is 18.4 Å². The zero-order chi connectivity index (χ0) is 21.6. The molecule has 8 nitrogen and oxygen atoms in total. The Morgan fingerprint density at radius 1 is 1.16 bits per heavy atom. The SMILES string of the molecule is O=C(c1cn(C[C@@H]2CC(F)(F)CN2C(=O)c2c[nH]c3ccccc23)nn1)N1CCCC1. The van der Waals surface area contributed by atoms with Crippen LogP contribution in [0.3, 0.4) is 0 Å². The number of aromatic nitrogens is 4. The number of alkyl halides is 2. The average Bonchev–Trinajstić information content (AvgIpc) is 3.53. The highest BCUT2D eigenvalue weighted by Crippen LogP contribution is 2.34. The molecule has 0 bridgehead atoms. The number of carbonyl (C=O) groups excluding carboxylic acids is 2. The molecule has 162 valence electrons. The number of nitrogens with one attached hydrogen (secondary N) is 1. The van der Waals surface area contributed by atoms with Gasteiger partial charge >= 0.3 is 0 Å². The fraction of sp³-hybridized carbons (Fsp3) is 0.429. The van der Waals surface area contributed by atoms with Gasteiger partial charge in [-0.2, -0.15) is 0 Å². The maximum absolute atomic E-state index is 14.3. The van der Waals surface area contributed by atoms with Crippen LogP contribution in [-0.2, 0) is 6.54 Å². The first-order chi connectivity index (χ1) is 14.9. The molecule has 3 aromatic rings. The number of hydrogen-bond acceptors (Lipinski definition) is 4. The van der Waals surface area contributed by atoms with E-state index in [1.54, 1.807) is 23.2 Å². The molecule has 1 N–H and O–H groups in total. The van der Waals surface area contributed by atoms with E-state index in [9.17, 15) is 18.4 Å². The molecule has 31 heavy (non-hydrogen) atoms. The van der Waals surface area contributed by atoms with E-state index in [1.165, 1.54) is 15.8 Å². The number of carbonyl (C=O) groups is 2. The zero-order valence-electron chi connectivity index (χ0n) is 16.8. The van der Waals surface area contributed by atoms with Crippen molar-refractivity contribution in [3.63, 3.8) is 0 Å². The van der Waals surface area contributed by atoms with Gasteiger partial charge in [0.2, 0.25) is 0 Å². The predicted molar refractivity (Wildman–Crippen MR) is 108 cm³/mol. The number of nitrogens with zero attached hydrogens (tertiary/aromatic N) is 5. The maximum Gasteiger partial charge on any atom is 0.276 e. The lowest BCUT2D eigenvalue weighted by molar-refractivity contribution is 0.0117. The van der Waals surface area contributed by atoms with Gasteiger partial charge in [0.1, 0.15) is 0 Å². The maximum atomic E-state index is 14.3. The Bertz CT molecular complexity index is 1130. The molecule has 2 aliphatic heterocycles. The first-order valence-electron chi connectivity index (χ1n) is 10.4. The van der Waals surface area contributed by atoms with E-state index in [0.29, 0.717) is 24.0 Å². The summed E-state index contributed by atoms with van der Waals surface area (Å²) in [6, 6.07) is 6.50. The molecule has 2 amide bonds. The number of H-pyrrole nitrogens is 1. The molecule has 2 aliphatic rings. The van der Waals surface area contributed by atoms with E-state index >= 15 is 0 Å². The summed E-state index contributed by atoms with van der Waals surface area (Å²) < 4.78 is 30.0. The van der Waals surface area contributed by atoms with Crippen LogP contribution in [0, 0.1) is 0 Å². The number of likely N-dealkylation sites (tertiary alicyclic amines) is 2. The molecule has 4 heterocycles. The van der Waals surface area contributed by atoms with Crippen LogP contribution in [0.15, 0.2) is 36.7 Å². The Balaban J connectivity index is 1.36. The molecule has 0 unspecified atom stereocenters. The molecule has 1 atom stereocenters. The zero-order valence-corrected chi connectivity index (χ0v) is 16.8. The van der Waals surface area contributed by atoms with Crippen molar-refractivity contribution in [2.75, 3.05) is 19.6 Å². The lowest BCUT2D eigenvalue weighted by Gasteiger charge is -2.23. The van der Waals surface area contributed by atoms with Crippen LogP contribution in [0.4, 0.5) is 8.78 Å². The summed E-state index contributed by atoms with van der Waals surface area (Å²) in [7, 11) is 0. The van der Waals surface area contributed by atoms with E-state index < -0.39 is 30.8 Å². The van der Waals surface area contributed by atoms with Crippen LogP contribution in [0.5, 0.6) is 0 Å². The monoisotopic (exact) mass is 428 g/mol. The van der Waals surface area contributed by atoms with Gasteiger partial charge in [-0.05, 0) is 18.9 Å². The number of fused-ring (bicyclic) bond motifs is 1. The number of hydrogen-bond donors (Lipinski definition) is 1. The minimum absolute atomic E-state index is 0.0456. The fourth-order valence-corrected chi connectivity index (χ4v) is 4.49. The van der Waals surface area contributed by atoms with Gasteiger partial charge in [0.05, 0.1) is 30.9 Å². The lowest BCUT2D eigenvalue weighted by atomic mass is 10.1. The highest BCUT2D eigenvalue weighted by molar-refractivity contribution is 6.06. The number of aromatic amines is 1. The van der Waals surface area contributed by atoms with E-state index in [0.717, 1.165) is 18.4 Å². The smallest absolute Gasteiger partial charge is 0.276 e. The molecule has 2 aromatic heterocycles. The molecule has 2 saturated heterocycles. The van der Waals surface area contributed by atoms with Crippen LogP contribution in [-0.4, -0.2) is 73.2 Å². The minimum atomic E-state index is -2.98. The second kappa shape index (κ2) is 7.44. The summed E-state index contributed by atoms with van der Waals surface area (Å²) in [4.78, 5) is 31.6. The van der Waals surface area contributed by atoms with Crippen molar-refractivity contribution in [3.8, 4) is 0 Å². The third-order valence-corrected chi connectivity index (χ3v) is 6.01. The first-order valence-corrected chi connectivity index (χ1v) is 10.4. The number of benzene rings is 1. The highest BCUT2D eigenvalue weighted by atomic mass is 19.3. The number of para-hydroxylation sites is 1.